The maximum atomic E-state index is 5.65. The van der Waals surface area contributed by atoms with Gasteiger partial charge >= 0.3 is 0 Å². The van der Waals surface area contributed by atoms with E-state index in [-0.39, 0.29) is 0 Å². The molecule has 0 aliphatic carbocycles. The van der Waals surface area contributed by atoms with Gasteiger partial charge in [0.2, 0.25) is 0 Å². The van der Waals surface area contributed by atoms with E-state index in [0.29, 0.717) is 5.22 Å². The molecule has 0 bridgehead atoms. The van der Waals surface area contributed by atoms with Gasteiger partial charge in [0.1, 0.15) is 5.76 Å². The Bertz CT molecular complexity index is 378. The summed E-state index contributed by atoms with van der Waals surface area (Å²) in [4.78, 5) is 0. The summed E-state index contributed by atoms with van der Waals surface area (Å²) in [6.45, 7) is 0. The summed E-state index contributed by atoms with van der Waals surface area (Å²) in [5.41, 5.74) is 1.20. The van der Waals surface area contributed by atoms with Gasteiger partial charge in [0.15, 0.2) is 5.22 Å². The minimum atomic E-state index is 0.442. The molecule has 0 amide bonds. The Balaban J connectivity index is 2.15. The van der Waals surface area contributed by atoms with Gasteiger partial charge < -0.3 is 4.42 Å². The van der Waals surface area contributed by atoms with E-state index in [0.717, 1.165) is 12.2 Å². The molecule has 0 atom stereocenters. The van der Waals surface area contributed by atoms with E-state index in [1.165, 1.54) is 5.56 Å². The van der Waals surface area contributed by atoms with E-state index in [1.807, 2.05) is 30.3 Å². The number of hydrogen-bond donors (Lipinski definition) is 0. The highest BCUT2D eigenvalue weighted by Gasteiger charge is 2.00. The monoisotopic (exact) mass is 191 g/mol. The van der Waals surface area contributed by atoms with Gasteiger partial charge in [0.05, 0.1) is 0 Å². The lowest BCUT2D eigenvalue weighted by atomic mass is 10.1. The normalized spacial score (nSPS) is 10.2. The summed E-state index contributed by atoms with van der Waals surface area (Å²) in [6.07, 6.45) is 0.779. The quantitative estimate of drug-likeness (QED) is 0.710. The number of benzene rings is 1. The van der Waals surface area contributed by atoms with Crippen molar-refractivity contribution in [3.8, 4) is 0 Å². The van der Waals surface area contributed by atoms with Crippen molar-refractivity contribution in [3.63, 3.8) is 0 Å². The first-order valence-electron chi connectivity index (χ1n) is 4.04. The summed E-state index contributed by atoms with van der Waals surface area (Å²) >= 11 is 5.65. The molecule has 0 aliphatic heterocycles. The second kappa shape index (κ2) is 3.67. The van der Waals surface area contributed by atoms with Gasteiger partial charge in [-0.3, -0.25) is 0 Å². The summed E-state index contributed by atoms with van der Waals surface area (Å²) in [7, 11) is 0. The maximum Gasteiger partial charge on any atom is 0.193 e. The van der Waals surface area contributed by atoms with E-state index < -0.39 is 0 Å². The van der Waals surface area contributed by atoms with Crippen LogP contribution in [0.25, 0.3) is 0 Å². The van der Waals surface area contributed by atoms with Crippen LogP contribution < -0.4 is 0 Å². The van der Waals surface area contributed by atoms with Crippen molar-refractivity contribution in [2.75, 3.05) is 0 Å². The van der Waals surface area contributed by atoms with Gasteiger partial charge in [-0.05, 0) is 35.4 Å². The molecule has 0 saturated carbocycles. The highest BCUT2D eigenvalue weighted by Crippen LogP contribution is 2.16. The highest BCUT2D eigenvalue weighted by molar-refractivity contribution is 6.28. The van der Waals surface area contributed by atoms with Crippen LogP contribution in [0.4, 0.5) is 0 Å². The molecule has 0 saturated heterocycles. The Hall–Kier alpha value is -1.21. The Labute approximate surface area is 82.0 Å². The van der Waals surface area contributed by atoms with Crippen molar-refractivity contribution in [1.82, 2.24) is 0 Å². The molecular weight excluding hydrogens is 184 g/mol. The van der Waals surface area contributed by atoms with Crippen molar-refractivity contribution in [2.45, 2.75) is 6.42 Å². The van der Waals surface area contributed by atoms with Gasteiger partial charge in [-0.15, -0.1) is 0 Å². The van der Waals surface area contributed by atoms with Gasteiger partial charge in [0.25, 0.3) is 0 Å². The summed E-state index contributed by atoms with van der Waals surface area (Å²) < 4.78 is 5.24. The second-order valence-corrected chi connectivity index (χ2v) is 3.16. The smallest absolute Gasteiger partial charge is 0.193 e. The van der Waals surface area contributed by atoms with E-state index in [9.17, 15) is 0 Å². The van der Waals surface area contributed by atoms with Crippen LogP contribution in [0.5, 0.6) is 0 Å². The lowest BCUT2D eigenvalue weighted by Crippen LogP contribution is -1.83. The number of halogens is 1. The fourth-order valence-electron chi connectivity index (χ4n) is 1.19. The fraction of sp³-hybridized carbons (Fsp3) is 0.0909. The minimum Gasteiger partial charge on any atom is -0.449 e. The minimum absolute atomic E-state index is 0.442. The van der Waals surface area contributed by atoms with Crippen LogP contribution in [0.2, 0.25) is 5.22 Å². The van der Waals surface area contributed by atoms with Gasteiger partial charge in [-0.2, -0.15) is 0 Å². The van der Waals surface area contributed by atoms with Crippen molar-refractivity contribution >= 4 is 11.6 Å². The first-order valence-corrected chi connectivity index (χ1v) is 4.41. The molecular formula is C11H8ClO. The zero-order valence-corrected chi connectivity index (χ0v) is 7.71. The molecule has 2 rings (SSSR count). The van der Waals surface area contributed by atoms with Crippen molar-refractivity contribution in [2.24, 2.45) is 0 Å². The lowest BCUT2D eigenvalue weighted by molar-refractivity contribution is 0.523. The largest absolute Gasteiger partial charge is 0.449 e. The Kier molecular flexibility index (Phi) is 2.37. The molecule has 65 valence electrons. The SMILES string of the molecule is Clc1ccc(Cc2cc[c]cc2)o1. The fourth-order valence-corrected chi connectivity index (χ4v) is 1.35. The van der Waals surface area contributed by atoms with Gasteiger partial charge in [-0.1, -0.05) is 24.3 Å². The zero-order valence-electron chi connectivity index (χ0n) is 6.96. The van der Waals surface area contributed by atoms with E-state index in [4.69, 9.17) is 16.0 Å². The zero-order chi connectivity index (χ0) is 9.10. The highest BCUT2D eigenvalue weighted by atomic mass is 35.5. The van der Waals surface area contributed by atoms with Crippen LogP contribution in [-0.4, -0.2) is 0 Å². The third kappa shape index (κ3) is 2.13. The first-order chi connectivity index (χ1) is 6.34. The van der Waals surface area contributed by atoms with E-state index >= 15 is 0 Å². The van der Waals surface area contributed by atoms with Crippen LogP contribution in [0.1, 0.15) is 11.3 Å². The van der Waals surface area contributed by atoms with Crippen molar-refractivity contribution in [1.29, 1.82) is 0 Å². The predicted octanol–water partition coefficient (Wildman–Crippen LogP) is 3.32. The molecule has 0 fully saturated rings. The van der Waals surface area contributed by atoms with Crippen LogP contribution >= 0.6 is 11.6 Å². The molecule has 2 heteroatoms. The summed E-state index contributed by atoms with van der Waals surface area (Å²) in [5.74, 6) is 0.885. The van der Waals surface area contributed by atoms with Crippen molar-refractivity contribution in [3.05, 3.63) is 59.0 Å². The topological polar surface area (TPSA) is 13.1 Å². The van der Waals surface area contributed by atoms with Crippen LogP contribution in [-0.2, 0) is 6.42 Å². The first kappa shape index (κ1) is 8.39. The molecule has 1 heterocycles. The van der Waals surface area contributed by atoms with Crippen LogP contribution in [0.3, 0.4) is 0 Å². The van der Waals surface area contributed by atoms with Gasteiger partial charge in [0, 0.05) is 6.42 Å². The molecule has 13 heavy (non-hydrogen) atoms. The molecule has 0 unspecified atom stereocenters. The van der Waals surface area contributed by atoms with E-state index in [2.05, 4.69) is 6.07 Å². The molecule has 0 aliphatic rings. The standard InChI is InChI=1S/C11H8ClO/c12-11-7-6-10(13-11)8-9-4-2-1-3-5-9/h2-7H,8H2. The average molecular weight is 192 g/mol. The molecule has 1 aromatic carbocycles. The third-order valence-corrected chi connectivity index (χ3v) is 2.00. The molecule has 0 N–H and O–H groups in total. The Morgan fingerprint density at radius 2 is 1.92 bits per heavy atom. The van der Waals surface area contributed by atoms with Crippen LogP contribution in [0.15, 0.2) is 40.8 Å². The van der Waals surface area contributed by atoms with Gasteiger partial charge in [-0.25, -0.2) is 0 Å². The summed E-state index contributed by atoms with van der Waals surface area (Å²) in [5, 5.41) is 0.442. The molecule has 0 spiro atoms. The third-order valence-electron chi connectivity index (χ3n) is 1.79. The Morgan fingerprint density at radius 3 is 2.54 bits per heavy atom. The van der Waals surface area contributed by atoms with Crippen molar-refractivity contribution < 1.29 is 4.42 Å². The second-order valence-electron chi connectivity index (χ2n) is 2.79. The number of furan rings is 1. The summed E-state index contributed by atoms with van der Waals surface area (Å²) in [6, 6.07) is 14.4. The maximum absolute atomic E-state index is 5.65. The molecule has 2 aromatic rings. The Morgan fingerprint density at radius 1 is 1.15 bits per heavy atom. The molecule has 1 aromatic heterocycles. The predicted molar refractivity (Wildman–Crippen MR) is 51.8 cm³/mol. The molecule has 1 nitrogen and oxygen atoms in total. The van der Waals surface area contributed by atoms with Crippen LogP contribution in [0, 0.1) is 6.07 Å². The number of hydrogen-bond acceptors (Lipinski definition) is 1. The number of rotatable bonds is 2. The van der Waals surface area contributed by atoms with E-state index in [1.54, 1.807) is 6.07 Å². The lowest BCUT2D eigenvalue weighted by Gasteiger charge is -1.95. The average Bonchev–Trinajstić information content (AvgIpc) is 2.53. The molecule has 1 radical (unpaired) electrons.